The third-order valence-electron chi connectivity index (χ3n) is 1.99. The highest BCUT2D eigenvalue weighted by atomic mass is 32.2. The van der Waals surface area contributed by atoms with E-state index in [0.29, 0.717) is 12.2 Å². The smallest absolute Gasteiger partial charge is 0.326 e. The Hall–Kier alpha value is -1.28. The molecule has 98 valence electrons. The van der Waals surface area contributed by atoms with Crippen molar-refractivity contribution in [1.29, 1.82) is 0 Å². The number of nitrogens with two attached hydrogens (primary N) is 2. The minimum absolute atomic E-state index is 0.440. The van der Waals surface area contributed by atoms with Crippen LogP contribution in [0.4, 0.5) is 0 Å². The Balaban J connectivity index is 4.29. The number of carbonyl (C=O) groups excluding carboxylic acids is 2. The van der Waals surface area contributed by atoms with E-state index < -0.39 is 36.3 Å². The molecule has 0 heterocycles. The fraction of sp³-hybridized carbons (Fsp3) is 0.667. The molecule has 0 unspecified atom stereocenters. The summed E-state index contributed by atoms with van der Waals surface area (Å²) in [6.07, 6.45) is 1.87. The fourth-order valence-electron chi connectivity index (χ4n) is 1.06. The van der Waals surface area contributed by atoms with E-state index in [0.717, 1.165) is 0 Å². The standard InChI is InChI=1S/C9H17N3O4S/c1-17-3-2-5(10)8(14)12-6(9(15)16)4-7(11)13/h5-6H,2-4,10H2,1H3,(H2,11,13)(H,12,14)(H,15,16)/t5-,6-/m1/s1. The molecular weight excluding hydrogens is 246 g/mol. The van der Waals surface area contributed by atoms with Gasteiger partial charge in [0.25, 0.3) is 0 Å². The van der Waals surface area contributed by atoms with E-state index in [1.807, 2.05) is 6.26 Å². The van der Waals surface area contributed by atoms with Crippen LogP contribution in [-0.4, -0.2) is 47.0 Å². The van der Waals surface area contributed by atoms with Gasteiger partial charge in [0.1, 0.15) is 6.04 Å². The van der Waals surface area contributed by atoms with E-state index in [9.17, 15) is 14.4 Å². The summed E-state index contributed by atoms with van der Waals surface area (Å²) in [6.45, 7) is 0. The summed E-state index contributed by atoms with van der Waals surface area (Å²) in [6, 6.07) is -2.10. The number of aliphatic carboxylic acids is 1. The highest BCUT2D eigenvalue weighted by molar-refractivity contribution is 7.98. The van der Waals surface area contributed by atoms with Gasteiger partial charge in [0.2, 0.25) is 11.8 Å². The van der Waals surface area contributed by atoms with Crippen LogP contribution >= 0.6 is 11.8 Å². The number of rotatable bonds is 8. The largest absolute Gasteiger partial charge is 0.480 e. The van der Waals surface area contributed by atoms with E-state index in [1.54, 1.807) is 0 Å². The maximum Gasteiger partial charge on any atom is 0.326 e. The summed E-state index contributed by atoms with van der Waals surface area (Å²) in [5.41, 5.74) is 10.4. The van der Waals surface area contributed by atoms with E-state index in [1.165, 1.54) is 11.8 Å². The summed E-state index contributed by atoms with van der Waals surface area (Å²) < 4.78 is 0. The Labute approximate surface area is 103 Å². The molecule has 2 atom stereocenters. The van der Waals surface area contributed by atoms with E-state index >= 15 is 0 Å². The summed E-state index contributed by atoms with van der Waals surface area (Å²) in [5.74, 6) is -2.00. The highest BCUT2D eigenvalue weighted by Crippen LogP contribution is 2.00. The van der Waals surface area contributed by atoms with Crippen LogP contribution in [0, 0.1) is 0 Å². The van der Waals surface area contributed by atoms with Gasteiger partial charge in [0, 0.05) is 0 Å². The maximum atomic E-state index is 11.5. The molecule has 0 aromatic heterocycles. The average molecular weight is 263 g/mol. The zero-order valence-corrected chi connectivity index (χ0v) is 10.3. The lowest BCUT2D eigenvalue weighted by molar-refractivity contribution is -0.143. The van der Waals surface area contributed by atoms with E-state index in [-0.39, 0.29) is 0 Å². The van der Waals surface area contributed by atoms with Crippen molar-refractivity contribution in [3.63, 3.8) is 0 Å². The van der Waals surface area contributed by atoms with Gasteiger partial charge in [0.15, 0.2) is 0 Å². The van der Waals surface area contributed by atoms with Crippen molar-refractivity contribution in [1.82, 2.24) is 5.32 Å². The van der Waals surface area contributed by atoms with Gasteiger partial charge in [-0.2, -0.15) is 11.8 Å². The van der Waals surface area contributed by atoms with Gasteiger partial charge in [-0.25, -0.2) is 4.79 Å². The zero-order valence-electron chi connectivity index (χ0n) is 9.51. The first-order valence-corrected chi connectivity index (χ1v) is 6.33. The summed E-state index contributed by atoms with van der Waals surface area (Å²) in [4.78, 5) is 32.8. The molecule has 0 aromatic rings. The van der Waals surface area contributed by atoms with Gasteiger partial charge in [-0.15, -0.1) is 0 Å². The molecule has 0 fully saturated rings. The molecule has 17 heavy (non-hydrogen) atoms. The average Bonchev–Trinajstić information content (AvgIpc) is 2.23. The van der Waals surface area contributed by atoms with Gasteiger partial charge in [-0.1, -0.05) is 0 Å². The molecule has 2 amide bonds. The lowest BCUT2D eigenvalue weighted by atomic mass is 10.1. The first-order valence-electron chi connectivity index (χ1n) is 4.94. The molecule has 0 bridgehead atoms. The highest BCUT2D eigenvalue weighted by Gasteiger charge is 2.24. The van der Waals surface area contributed by atoms with Crippen LogP contribution in [-0.2, 0) is 14.4 Å². The first kappa shape index (κ1) is 15.7. The minimum atomic E-state index is -1.32. The predicted molar refractivity (Wildman–Crippen MR) is 64.4 cm³/mol. The molecule has 8 heteroatoms. The van der Waals surface area contributed by atoms with Gasteiger partial charge >= 0.3 is 5.97 Å². The Kier molecular flexibility index (Phi) is 7.31. The van der Waals surface area contributed by atoms with Crippen molar-refractivity contribution in [2.75, 3.05) is 12.0 Å². The van der Waals surface area contributed by atoms with Gasteiger partial charge in [0.05, 0.1) is 12.5 Å². The number of hydrogen-bond donors (Lipinski definition) is 4. The first-order chi connectivity index (χ1) is 7.88. The van der Waals surface area contributed by atoms with Crippen molar-refractivity contribution in [3.05, 3.63) is 0 Å². The quantitative estimate of drug-likeness (QED) is 0.421. The summed E-state index contributed by atoms with van der Waals surface area (Å²) >= 11 is 1.53. The monoisotopic (exact) mass is 263 g/mol. The Morgan fingerprint density at radius 2 is 2.00 bits per heavy atom. The number of carboxylic acids is 1. The lowest BCUT2D eigenvalue weighted by Gasteiger charge is -2.16. The maximum absolute atomic E-state index is 11.5. The molecule has 0 saturated heterocycles. The van der Waals surface area contributed by atoms with Crippen LogP contribution in [0.15, 0.2) is 0 Å². The lowest BCUT2D eigenvalue weighted by Crippen LogP contribution is -2.49. The number of carbonyl (C=O) groups is 3. The molecule has 6 N–H and O–H groups in total. The molecule has 0 aliphatic heterocycles. The SMILES string of the molecule is CSCC[C@@H](N)C(=O)N[C@H](CC(N)=O)C(=O)O. The number of hydrogen-bond acceptors (Lipinski definition) is 5. The summed E-state index contributed by atoms with van der Waals surface area (Å²) in [5, 5.41) is 10.9. The van der Waals surface area contributed by atoms with Crippen LogP contribution in [0.3, 0.4) is 0 Å². The Bertz CT molecular complexity index is 298. The second-order valence-electron chi connectivity index (χ2n) is 3.46. The number of carboxylic acid groups (broad SMARTS) is 1. The van der Waals surface area contributed by atoms with Gasteiger partial charge < -0.3 is 21.9 Å². The third kappa shape index (κ3) is 6.80. The second kappa shape index (κ2) is 7.91. The van der Waals surface area contributed by atoms with Crippen molar-refractivity contribution < 1.29 is 19.5 Å². The molecule has 0 aliphatic carbocycles. The van der Waals surface area contributed by atoms with Crippen molar-refractivity contribution in [3.8, 4) is 0 Å². The van der Waals surface area contributed by atoms with Crippen molar-refractivity contribution >= 4 is 29.5 Å². The molecule has 0 radical (unpaired) electrons. The normalized spacial score (nSPS) is 13.8. The van der Waals surface area contributed by atoms with E-state index in [2.05, 4.69) is 5.32 Å². The van der Waals surface area contributed by atoms with Crippen LogP contribution in [0.2, 0.25) is 0 Å². The number of amides is 2. The van der Waals surface area contributed by atoms with Gasteiger partial charge in [-0.05, 0) is 18.4 Å². The molecule has 0 aromatic carbocycles. The number of primary amides is 1. The van der Waals surface area contributed by atoms with Crippen LogP contribution in [0.1, 0.15) is 12.8 Å². The molecule has 0 aliphatic rings. The van der Waals surface area contributed by atoms with Crippen LogP contribution in [0.5, 0.6) is 0 Å². The van der Waals surface area contributed by atoms with Crippen LogP contribution < -0.4 is 16.8 Å². The van der Waals surface area contributed by atoms with Crippen molar-refractivity contribution in [2.45, 2.75) is 24.9 Å². The molecule has 7 nitrogen and oxygen atoms in total. The second-order valence-corrected chi connectivity index (χ2v) is 4.44. The zero-order chi connectivity index (χ0) is 13.4. The van der Waals surface area contributed by atoms with E-state index in [4.69, 9.17) is 16.6 Å². The molecule has 0 rings (SSSR count). The predicted octanol–water partition coefficient (Wildman–Crippen LogP) is -1.49. The van der Waals surface area contributed by atoms with Crippen molar-refractivity contribution in [2.24, 2.45) is 11.5 Å². The topological polar surface area (TPSA) is 136 Å². The molecule has 0 spiro atoms. The Morgan fingerprint density at radius 3 is 2.41 bits per heavy atom. The molecule has 0 saturated carbocycles. The number of nitrogens with one attached hydrogen (secondary N) is 1. The fourth-order valence-corrected chi connectivity index (χ4v) is 1.55. The Morgan fingerprint density at radius 1 is 1.41 bits per heavy atom. The minimum Gasteiger partial charge on any atom is -0.480 e. The number of thioether (sulfide) groups is 1. The molecular formula is C9H17N3O4S. The van der Waals surface area contributed by atoms with Gasteiger partial charge in [-0.3, -0.25) is 9.59 Å². The van der Waals surface area contributed by atoms with Crippen LogP contribution in [0.25, 0.3) is 0 Å². The third-order valence-corrected chi connectivity index (χ3v) is 2.63. The summed E-state index contributed by atoms with van der Waals surface area (Å²) in [7, 11) is 0.